The fraction of sp³-hybridized carbons (Fsp3) is 0.200. The monoisotopic (exact) mass is 403 g/mol. The van der Waals surface area contributed by atoms with Crippen LogP contribution >= 0.6 is 11.6 Å². The van der Waals surface area contributed by atoms with E-state index in [-0.39, 0.29) is 11.5 Å². The Labute approximate surface area is 166 Å². The second kappa shape index (κ2) is 8.31. The van der Waals surface area contributed by atoms with Crippen molar-refractivity contribution in [2.24, 2.45) is 0 Å². The van der Waals surface area contributed by atoms with Crippen molar-refractivity contribution >= 4 is 23.2 Å². The number of nitrogens with one attached hydrogen (secondary N) is 1. The Kier molecular flexibility index (Phi) is 5.84. The molecule has 0 fully saturated rings. The number of hydrogen-bond donors (Lipinski definition) is 1. The van der Waals surface area contributed by atoms with Crippen molar-refractivity contribution in [1.29, 1.82) is 0 Å². The minimum Gasteiger partial charge on any atom is -0.494 e. The van der Waals surface area contributed by atoms with Gasteiger partial charge in [0, 0.05) is 10.7 Å². The van der Waals surface area contributed by atoms with Gasteiger partial charge in [-0.15, -0.1) is 0 Å². The number of ether oxygens (including phenoxy) is 2. The Bertz CT molecular complexity index is 1070. The van der Waals surface area contributed by atoms with E-state index >= 15 is 0 Å². The third-order valence-corrected chi connectivity index (χ3v) is 4.68. The van der Waals surface area contributed by atoms with Crippen molar-refractivity contribution in [2.75, 3.05) is 19.5 Å². The highest BCUT2D eigenvalue weighted by Gasteiger charge is 2.13. The summed E-state index contributed by atoms with van der Waals surface area (Å²) in [5.41, 5.74) is 1.80. The molecule has 0 aliphatic rings. The largest absolute Gasteiger partial charge is 0.494 e. The number of halogens is 2. The van der Waals surface area contributed by atoms with Crippen LogP contribution < -0.4 is 20.3 Å². The van der Waals surface area contributed by atoms with Crippen molar-refractivity contribution in [3.63, 3.8) is 0 Å². The van der Waals surface area contributed by atoms with Crippen LogP contribution in [0.5, 0.6) is 11.5 Å². The molecule has 0 spiro atoms. The van der Waals surface area contributed by atoms with E-state index in [1.807, 2.05) is 13.0 Å². The highest BCUT2D eigenvalue weighted by Crippen LogP contribution is 2.26. The van der Waals surface area contributed by atoms with Gasteiger partial charge >= 0.3 is 5.56 Å². The molecule has 0 aliphatic carbocycles. The van der Waals surface area contributed by atoms with E-state index in [0.717, 1.165) is 16.8 Å². The molecule has 2 aromatic carbocycles. The molecule has 0 radical (unpaired) electrons. The van der Waals surface area contributed by atoms with E-state index in [0.29, 0.717) is 17.5 Å². The van der Waals surface area contributed by atoms with Gasteiger partial charge in [-0.1, -0.05) is 23.7 Å². The zero-order valence-electron chi connectivity index (χ0n) is 15.6. The summed E-state index contributed by atoms with van der Waals surface area (Å²) in [7, 11) is 2.80. The van der Waals surface area contributed by atoms with Gasteiger partial charge in [-0.25, -0.2) is 4.39 Å². The summed E-state index contributed by atoms with van der Waals surface area (Å²) >= 11 is 6.18. The molecule has 3 rings (SSSR count). The Hall–Kier alpha value is -3.06. The Morgan fingerprint density at radius 3 is 2.64 bits per heavy atom. The normalized spacial score (nSPS) is 10.6. The quantitative estimate of drug-likeness (QED) is 0.669. The molecule has 8 heteroatoms. The first-order valence-electron chi connectivity index (χ1n) is 8.43. The molecular weight excluding hydrogens is 385 g/mol. The van der Waals surface area contributed by atoms with Gasteiger partial charge in [0.25, 0.3) is 0 Å². The number of rotatable bonds is 6. The highest BCUT2D eigenvalue weighted by molar-refractivity contribution is 6.31. The maximum atomic E-state index is 13.7. The molecule has 1 aromatic heterocycles. The van der Waals surface area contributed by atoms with E-state index in [1.54, 1.807) is 35.0 Å². The van der Waals surface area contributed by atoms with Crippen LogP contribution in [0.1, 0.15) is 11.1 Å². The van der Waals surface area contributed by atoms with Crippen molar-refractivity contribution < 1.29 is 13.9 Å². The SMILES string of the molecule is COc1cc(Cn2cc(OC)c(=O)nc2Nc2cccc(Cl)c2C)ccc1F. The van der Waals surface area contributed by atoms with Gasteiger partial charge in [0.1, 0.15) is 0 Å². The fourth-order valence-electron chi connectivity index (χ4n) is 2.70. The smallest absolute Gasteiger partial charge is 0.316 e. The summed E-state index contributed by atoms with van der Waals surface area (Å²) in [5.74, 6) is 0.0929. The van der Waals surface area contributed by atoms with Crippen LogP contribution in [0.3, 0.4) is 0 Å². The zero-order valence-corrected chi connectivity index (χ0v) is 16.4. The first-order valence-corrected chi connectivity index (χ1v) is 8.80. The lowest BCUT2D eigenvalue weighted by molar-refractivity contribution is 0.385. The van der Waals surface area contributed by atoms with Crippen LogP contribution in [0.4, 0.5) is 16.0 Å². The van der Waals surface area contributed by atoms with Gasteiger partial charge in [0.15, 0.2) is 11.6 Å². The summed E-state index contributed by atoms with van der Waals surface area (Å²) in [6.45, 7) is 2.17. The van der Waals surface area contributed by atoms with Crippen LogP contribution in [0.15, 0.2) is 47.4 Å². The topological polar surface area (TPSA) is 65.4 Å². The molecule has 0 bridgehead atoms. The van der Waals surface area contributed by atoms with Crippen LogP contribution in [0.25, 0.3) is 0 Å². The molecule has 1 N–H and O–H groups in total. The second-order valence-electron chi connectivity index (χ2n) is 6.07. The number of hydrogen-bond acceptors (Lipinski definition) is 5. The van der Waals surface area contributed by atoms with Crippen molar-refractivity contribution in [2.45, 2.75) is 13.5 Å². The van der Waals surface area contributed by atoms with E-state index in [4.69, 9.17) is 21.1 Å². The Morgan fingerprint density at radius 1 is 1.18 bits per heavy atom. The molecule has 0 atom stereocenters. The molecule has 0 saturated carbocycles. The first-order chi connectivity index (χ1) is 13.4. The fourth-order valence-corrected chi connectivity index (χ4v) is 2.87. The summed E-state index contributed by atoms with van der Waals surface area (Å²) in [6, 6.07) is 9.97. The lowest BCUT2D eigenvalue weighted by atomic mass is 10.2. The first kappa shape index (κ1) is 19.7. The molecular formula is C20H19ClFN3O3. The number of benzene rings is 2. The molecule has 1 heterocycles. The summed E-state index contributed by atoms with van der Waals surface area (Å²) < 4.78 is 25.5. The molecule has 6 nitrogen and oxygen atoms in total. The summed E-state index contributed by atoms with van der Waals surface area (Å²) in [6.07, 6.45) is 1.55. The summed E-state index contributed by atoms with van der Waals surface area (Å²) in [5, 5.41) is 3.73. The van der Waals surface area contributed by atoms with E-state index in [1.165, 1.54) is 20.3 Å². The van der Waals surface area contributed by atoms with Crippen molar-refractivity contribution in [3.05, 3.63) is 74.9 Å². The van der Waals surface area contributed by atoms with Gasteiger partial charge in [0.05, 0.1) is 27.0 Å². The molecule has 0 saturated heterocycles. The Balaban J connectivity index is 2.04. The number of anilines is 2. The maximum Gasteiger partial charge on any atom is 0.316 e. The number of aromatic nitrogens is 2. The molecule has 146 valence electrons. The van der Waals surface area contributed by atoms with Crippen molar-refractivity contribution in [3.8, 4) is 11.5 Å². The Morgan fingerprint density at radius 2 is 1.93 bits per heavy atom. The number of methoxy groups -OCH3 is 2. The molecule has 3 aromatic rings. The third kappa shape index (κ3) is 4.09. The average Bonchev–Trinajstić information content (AvgIpc) is 2.68. The van der Waals surface area contributed by atoms with E-state index < -0.39 is 11.4 Å². The van der Waals surface area contributed by atoms with Crippen LogP contribution in [-0.4, -0.2) is 23.8 Å². The van der Waals surface area contributed by atoms with Crippen LogP contribution in [0, 0.1) is 12.7 Å². The van der Waals surface area contributed by atoms with Gasteiger partial charge in [0.2, 0.25) is 11.7 Å². The van der Waals surface area contributed by atoms with Gasteiger partial charge in [-0.3, -0.25) is 4.79 Å². The standard InChI is InChI=1S/C20H19ClFN3O3/c1-12-14(21)5-4-6-16(12)23-20-24-19(26)18(28-3)11-25(20)10-13-7-8-15(22)17(9-13)27-2/h4-9,11H,10H2,1-3H3,(H,23,24,26). The minimum atomic E-state index is -0.502. The molecule has 28 heavy (non-hydrogen) atoms. The lowest BCUT2D eigenvalue weighted by Gasteiger charge is -2.17. The number of nitrogens with zero attached hydrogens (tertiary/aromatic N) is 2. The van der Waals surface area contributed by atoms with Crippen LogP contribution in [0.2, 0.25) is 5.02 Å². The van der Waals surface area contributed by atoms with E-state index in [2.05, 4.69) is 10.3 Å². The minimum absolute atomic E-state index is 0.0995. The molecule has 0 unspecified atom stereocenters. The third-order valence-electron chi connectivity index (χ3n) is 4.27. The van der Waals surface area contributed by atoms with Crippen molar-refractivity contribution in [1.82, 2.24) is 9.55 Å². The van der Waals surface area contributed by atoms with Crippen LogP contribution in [-0.2, 0) is 6.54 Å². The van der Waals surface area contributed by atoms with Gasteiger partial charge < -0.3 is 19.4 Å². The molecule has 0 aliphatic heterocycles. The second-order valence-corrected chi connectivity index (χ2v) is 6.48. The van der Waals surface area contributed by atoms with E-state index in [9.17, 15) is 9.18 Å². The summed E-state index contributed by atoms with van der Waals surface area (Å²) in [4.78, 5) is 16.3. The van der Waals surface area contributed by atoms with Gasteiger partial charge in [-0.2, -0.15) is 4.98 Å². The average molecular weight is 404 g/mol. The predicted molar refractivity (Wildman–Crippen MR) is 107 cm³/mol. The predicted octanol–water partition coefficient (Wildman–Crippen LogP) is 4.15. The lowest BCUT2D eigenvalue weighted by Crippen LogP contribution is -2.19. The maximum absolute atomic E-state index is 13.7. The highest BCUT2D eigenvalue weighted by atomic mass is 35.5. The molecule has 0 amide bonds. The van der Waals surface area contributed by atoms with Gasteiger partial charge in [-0.05, 0) is 42.3 Å². The zero-order chi connectivity index (χ0) is 20.3.